The van der Waals surface area contributed by atoms with Crippen molar-refractivity contribution in [2.45, 2.75) is 6.92 Å². The van der Waals surface area contributed by atoms with Crippen LogP contribution in [-0.4, -0.2) is 30.6 Å². The highest BCUT2D eigenvalue weighted by molar-refractivity contribution is 9.10. The number of nitrogens with zero attached hydrogens (tertiary/aromatic N) is 1. The maximum absolute atomic E-state index is 12.0. The summed E-state index contributed by atoms with van der Waals surface area (Å²) in [5, 5.41) is 5.95. The molecule has 0 aliphatic carbocycles. The minimum atomic E-state index is -0.417. The lowest BCUT2D eigenvalue weighted by Gasteiger charge is -2.16. The minimum absolute atomic E-state index is 0.0654. The van der Waals surface area contributed by atoms with Gasteiger partial charge >= 0.3 is 0 Å². The number of halogens is 2. The molecule has 142 valence electrons. The summed E-state index contributed by atoms with van der Waals surface area (Å²) >= 11 is 14.4. The first-order chi connectivity index (χ1) is 12.8. The predicted octanol–water partition coefficient (Wildman–Crippen LogP) is 3.98. The lowest BCUT2D eigenvalue weighted by molar-refractivity contribution is -0.121. The first-order valence-electron chi connectivity index (χ1n) is 7.79. The van der Waals surface area contributed by atoms with E-state index in [9.17, 15) is 9.59 Å². The van der Waals surface area contributed by atoms with Crippen molar-refractivity contribution in [1.29, 1.82) is 0 Å². The maximum Gasteiger partial charge on any atom is 0.264 e. The van der Waals surface area contributed by atoms with E-state index in [1.165, 1.54) is 11.8 Å². The molecule has 0 bridgehead atoms. The van der Waals surface area contributed by atoms with Crippen LogP contribution in [0.25, 0.3) is 0 Å². The van der Waals surface area contributed by atoms with Gasteiger partial charge in [-0.1, -0.05) is 27.5 Å². The van der Waals surface area contributed by atoms with Gasteiger partial charge < -0.3 is 15.0 Å². The van der Waals surface area contributed by atoms with Gasteiger partial charge in [0.25, 0.3) is 5.91 Å². The van der Waals surface area contributed by atoms with E-state index in [1.807, 2.05) is 0 Å². The molecule has 0 aromatic heterocycles. The second-order valence-corrected chi connectivity index (χ2v) is 7.22. The monoisotopic (exact) mass is 469 g/mol. The molecule has 2 aromatic rings. The quantitative estimate of drug-likeness (QED) is 0.647. The van der Waals surface area contributed by atoms with Crippen LogP contribution in [0.1, 0.15) is 6.92 Å². The van der Waals surface area contributed by atoms with Crippen molar-refractivity contribution in [1.82, 2.24) is 5.32 Å². The Morgan fingerprint density at radius 2 is 1.89 bits per heavy atom. The largest absolute Gasteiger partial charge is 0.482 e. The number of amides is 2. The molecule has 6 nitrogen and oxygen atoms in total. The molecule has 0 fully saturated rings. The molecule has 0 aliphatic heterocycles. The zero-order valence-electron chi connectivity index (χ0n) is 14.6. The van der Waals surface area contributed by atoms with Crippen molar-refractivity contribution >= 4 is 68.1 Å². The van der Waals surface area contributed by atoms with Crippen molar-refractivity contribution in [2.24, 2.45) is 0 Å². The number of hydrogen-bond acceptors (Lipinski definition) is 4. The highest BCUT2D eigenvalue weighted by atomic mass is 79.9. The summed E-state index contributed by atoms with van der Waals surface area (Å²) in [6, 6.07) is 12.2. The molecule has 0 saturated carbocycles. The number of nitrogens with one attached hydrogen (secondary N) is 2. The van der Waals surface area contributed by atoms with Gasteiger partial charge in [0, 0.05) is 29.8 Å². The molecular weight excluding hydrogens is 454 g/mol. The zero-order valence-corrected chi connectivity index (χ0v) is 17.7. The predicted molar refractivity (Wildman–Crippen MR) is 115 cm³/mol. The molecule has 2 N–H and O–H groups in total. The van der Waals surface area contributed by atoms with Gasteiger partial charge in [-0.15, -0.1) is 0 Å². The molecule has 0 heterocycles. The van der Waals surface area contributed by atoms with Crippen molar-refractivity contribution in [3.05, 3.63) is 52.0 Å². The van der Waals surface area contributed by atoms with E-state index < -0.39 is 5.91 Å². The molecule has 0 unspecified atom stereocenters. The van der Waals surface area contributed by atoms with Crippen LogP contribution >= 0.6 is 39.7 Å². The van der Waals surface area contributed by atoms with E-state index >= 15 is 0 Å². The molecule has 2 rings (SSSR count). The average molecular weight is 471 g/mol. The van der Waals surface area contributed by atoms with Crippen LogP contribution in [0.2, 0.25) is 5.02 Å². The van der Waals surface area contributed by atoms with Gasteiger partial charge in [-0.2, -0.15) is 0 Å². The van der Waals surface area contributed by atoms with Gasteiger partial charge in [0.15, 0.2) is 11.7 Å². The number of ether oxygens (including phenoxy) is 1. The third kappa shape index (κ3) is 6.50. The molecular formula is C18H17BrClN3O3S. The Kier molecular flexibility index (Phi) is 7.58. The topological polar surface area (TPSA) is 70.7 Å². The van der Waals surface area contributed by atoms with E-state index in [0.717, 1.165) is 10.2 Å². The SMILES string of the molecule is CC(=O)N(C)c1ccc(NC(=S)NC(=O)COc2ccc(Br)cc2Cl)cc1. The standard InChI is InChI=1S/C18H17BrClN3O3S/c1-11(24)23(2)14-6-4-13(5-7-14)21-18(27)22-17(25)10-26-16-8-3-12(19)9-15(16)20/h3-9H,10H2,1-2H3,(H2,21,22,25,27). The van der Waals surface area contributed by atoms with Gasteiger partial charge in [0.2, 0.25) is 5.91 Å². The Labute approximate surface area is 176 Å². The molecule has 0 radical (unpaired) electrons. The smallest absolute Gasteiger partial charge is 0.264 e. The van der Waals surface area contributed by atoms with Crippen molar-refractivity contribution in [2.75, 3.05) is 23.9 Å². The summed E-state index contributed by atoms with van der Waals surface area (Å²) in [6.07, 6.45) is 0. The Bertz CT molecular complexity index is 861. The fourth-order valence-electron chi connectivity index (χ4n) is 2.01. The first kappa shape index (κ1) is 21.1. The van der Waals surface area contributed by atoms with Crippen molar-refractivity contribution in [3.8, 4) is 5.75 Å². The number of carbonyl (C=O) groups excluding carboxylic acids is 2. The zero-order chi connectivity index (χ0) is 20.0. The number of thiocarbonyl (C=S) groups is 1. The summed E-state index contributed by atoms with van der Waals surface area (Å²) in [6.45, 7) is 1.26. The maximum atomic E-state index is 12.0. The van der Waals surface area contributed by atoms with Gasteiger partial charge in [0.05, 0.1) is 5.02 Å². The summed E-state index contributed by atoms with van der Waals surface area (Å²) in [5.41, 5.74) is 1.43. The summed E-state index contributed by atoms with van der Waals surface area (Å²) in [4.78, 5) is 24.8. The van der Waals surface area contributed by atoms with Gasteiger partial charge in [0.1, 0.15) is 5.75 Å². The third-order valence-corrected chi connectivity index (χ3v) is 4.48. The second-order valence-electron chi connectivity index (χ2n) is 5.49. The van der Waals surface area contributed by atoms with Crippen LogP contribution in [-0.2, 0) is 9.59 Å². The van der Waals surface area contributed by atoms with E-state index in [4.69, 9.17) is 28.6 Å². The van der Waals surface area contributed by atoms with Gasteiger partial charge in [-0.25, -0.2) is 0 Å². The molecule has 2 aromatic carbocycles. The molecule has 0 saturated heterocycles. The fraction of sp³-hybridized carbons (Fsp3) is 0.167. The Hall–Kier alpha value is -2.16. The second kappa shape index (κ2) is 9.68. The van der Waals surface area contributed by atoms with Crippen LogP contribution in [0.3, 0.4) is 0 Å². The van der Waals surface area contributed by atoms with E-state index in [-0.39, 0.29) is 17.6 Å². The van der Waals surface area contributed by atoms with Crippen molar-refractivity contribution in [3.63, 3.8) is 0 Å². The van der Waals surface area contributed by atoms with Crippen LogP contribution in [0, 0.1) is 0 Å². The minimum Gasteiger partial charge on any atom is -0.482 e. The van der Waals surface area contributed by atoms with Crippen molar-refractivity contribution < 1.29 is 14.3 Å². The molecule has 0 spiro atoms. The average Bonchev–Trinajstić information content (AvgIpc) is 2.60. The molecule has 0 atom stereocenters. The highest BCUT2D eigenvalue weighted by Crippen LogP contribution is 2.27. The van der Waals surface area contributed by atoms with Gasteiger partial charge in [-0.3, -0.25) is 14.9 Å². The van der Waals surface area contributed by atoms with Gasteiger partial charge in [-0.05, 0) is 54.7 Å². The normalized spacial score (nSPS) is 10.1. The lowest BCUT2D eigenvalue weighted by Crippen LogP contribution is -2.37. The number of rotatable bonds is 5. The number of benzene rings is 2. The Balaban J connectivity index is 1.84. The van der Waals surface area contributed by atoms with Crippen LogP contribution in [0.4, 0.5) is 11.4 Å². The number of hydrogen-bond donors (Lipinski definition) is 2. The first-order valence-corrected chi connectivity index (χ1v) is 9.37. The van der Waals surface area contributed by atoms with Crippen LogP contribution in [0.15, 0.2) is 46.9 Å². The fourth-order valence-corrected chi connectivity index (χ4v) is 2.97. The van der Waals surface area contributed by atoms with Crippen LogP contribution < -0.4 is 20.3 Å². The van der Waals surface area contributed by atoms with E-state index in [2.05, 4.69) is 26.6 Å². The van der Waals surface area contributed by atoms with E-state index in [0.29, 0.717) is 16.5 Å². The summed E-state index contributed by atoms with van der Waals surface area (Å²) in [5.74, 6) is -0.0807. The summed E-state index contributed by atoms with van der Waals surface area (Å²) in [7, 11) is 1.69. The Morgan fingerprint density at radius 1 is 1.22 bits per heavy atom. The lowest BCUT2D eigenvalue weighted by atomic mass is 10.2. The number of anilines is 2. The van der Waals surface area contributed by atoms with Crippen LogP contribution in [0.5, 0.6) is 5.75 Å². The van der Waals surface area contributed by atoms with E-state index in [1.54, 1.807) is 49.5 Å². The third-order valence-electron chi connectivity index (χ3n) is 3.49. The Morgan fingerprint density at radius 3 is 2.48 bits per heavy atom. The summed E-state index contributed by atoms with van der Waals surface area (Å²) < 4.78 is 6.19. The molecule has 0 aliphatic rings. The molecule has 9 heteroatoms. The molecule has 2 amide bonds. The molecule has 27 heavy (non-hydrogen) atoms. The highest BCUT2D eigenvalue weighted by Gasteiger charge is 2.09. The number of carbonyl (C=O) groups is 2.